The van der Waals surface area contributed by atoms with Gasteiger partial charge in [0.1, 0.15) is 0 Å². The minimum atomic E-state index is -0.900. The number of benzene rings is 1. The average Bonchev–Trinajstić information content (AvgIpc) is 3.26. The third kappa shape index (κ3) is 2.97. The number of hydrogen-bond donors (Lipinski definition) is 1. The molecule has 0 spiro atoms. The van der Waals surface area contributed by atoms with Crippen LogP contribution in [0.2, 0.25) is 0 Å². The van der Waals surface area contributed by atoms with E-state index in [-0.39, 0.29) is 14.5 Å². The Hall–Kier alpha value is -2.39. The fraction of sp³-hybridized carbons (Fsp3) is 0.211. The summed E-state index contributed by atoms with van der Waals surface area (Å²) in [6, 6.07) is 7.96. The predicted molar refractivity (Wildman–Crippen MR) is 104 cm³/mol. The normalized spacial score (nSPS) is 13.3. The Morgan fingerprint density at radius 1 is 1.42 bits per heavy atom. The molecule has 130 valence electrons. The van der Waals surface area contributed by atoms with Crippen LogP contribution >= 0.6 is 11.3 Å². The summed E-state index contributed by atoms with van der Waals surface area (Å²) in [6.45, 7) is 11.1. The van der Waals surface area contributed by atoms with Gasteiger partial charge in [0.15, 0.2) is 0 Å². The summed E-state index contributed by atoms with van der Waals surface area (Å²) in [5.74, 6) is -0.900. The van der Waals surface area contributed by atoms with Gasteiger partial charge >= 0.3 is 161 Å². The zero-order valence-electron chi connectivity index (χ0n) is 14.0. The van der Waals surface area contributed by atoms with Crippen LogP contribution in [0.1, 0.15) is 25.4 Å². The Morgan fingerprint density at radius 2 is 2.27 bits per heavy atom. The number of aromatic nitrogens is 1. The molecular formula is C19H15N3O2SSe. The number of carbonyl (C=O) groups is 1. The monoisotopic (exact) mass is 429 g/mol. The molecule has 1 aliphatic heterocycles. The van der Waals surface area contributed by atoms with Crippen molar-refractivity contribution in [3.05, 3.63) is 61.6 Å². The molecule has 1 N–H and O–H groups in total. The molecule has 4 rings (SSSR count). The van der Waals surface area contributed by atoms with Crippen molar-refractivity contribution in [1.82, 2.24) is 4.98 Å². The van der Waals surface area contributed by atoms with E-state index in [4.69, 9.17) is 6.57 Å². The second kappa shape index (κ2) is 6.73. The van der Waals surface area contributed by atoms with Gasteiger partial charge in [-0.2, -0.15) is 0 Å². The van der Waals surface area contributed by atoms with Crippen LogP contribution in [0, 0.1) is 13.5 Å². The molecule has 1 aliphatic rings. The number of carboxylic acid groups (broad SMARTS) is 1. The van der Waals surface area contributed by atoms with Crippen molar-refractivity contribution in [3.63, 3.8) is 0 Å². The van der Waals surface area contributed by atoms with E-state index in [1.165, 1.54) is 10.4 Å². The summed E-state index contributed by atoms with van der Waals surface area (Å²) in [7, 11) is 0. The van der Waals surface area contributed by atoms with Crippen LogP contribution < -0.4 is 4.90 Å². The first-order chi connectivity index (χ1) is 12.6. The molecule has 0 atom stereocenters. The Bertz CT molecular complexity index is 1050. The molecule has 0 amide bonds. The number of carboxylic acids is 1. The first-order valence-corrected chi connectivity index (χ1v) is 10.7. The van der Waals surface area contributed by atoms with Crippen LogP contribution in [0.3, 0.4) is 0 Å². The van der Waals surface area contributed by atoms with E-state index in [9.17, 15) is 9.90 Å². The van der Waals surface area contributed by atoms with Crippen LogP contribution in [0.15, 0.2) is 29.6 Å². The van der Waals surface area contributed by atoms with Gasteiger partial charge in [-0.3, -0.25) is 0 Å². The maximum absolute atomic E-state index is 11.3. The quantitative estimate of drug-likeness (QED) is 0.507. The van der Waals surface area contributed by atoms with Crippen molar-refractivity contribution >= 4 is 43.2 Å². The van der Waals surface area contributed by atoms with Crippen LogP contribution in [-0.4, -0.2) is 37.1 Å². The van der Waals surface area contributed by atoms with Gasteiger partial charge in [0.05, 0.1) is 0 Å². The van der Waals surface area contributed by atoms with Crippen LogP contribution in [-0.2, 0) is 13.0 Å². The number of anilines is 1. The summed E-state index contributed by atoms with van der Waals surface area (Å²) in [6.07, 6.45) is 1.01. The predicted octanol–water partition coefficient (Wildman–Crippen LogP) is 3.99. The summed E-state index contributed by atoms with van der Waals surface area (Å²) in [4.78, 5) is 23.1. The van der Waals surface area contributed by atoms with Gasteiger partial charge in [-0.1, -0.05) is 0 Å². The Morgan fingerprint density at radius 3 is 3.00 bits per heavy atom. The average molecular weight is 428 g/mol. The summed E-state index contributed by atoms with van der Waals surface area (Å²) < 4.78 is 1.17. The van der Waals surface area contributed by atoms with Crippen molar-refractivity contribution < 1.29 is 9.90 Å². The Labute approximate surface area is 161 Å². The number of hydrogen-bond acceptors (Lipinski definition) is 4. The van der Waals surface area contributed by atoms with E-state index in [0.717, 1.165) is 35.3 Å². The molecule has 26 heavy (non-hydrogen) atoms. The molecule has 2 aromatic heterocycles. The molecule has 0 saturated carbocycles. The van der Waals surface area contributed by atoms with Crippen molar-refractivity contribution in [2.75, 3.05) is 11.4 Å². The van der Waals surface area contributed by atoms with E-state index in [2.05, 4.69) is 26.2 Å². The molecule has 7 heteroatoms. The molecule has 3 aromatic rings. The zero-order chi connectivity index (χ0) is 18.3. The van der Waals surface area contributed by atoms with Gasteiger partial charge in [0, 0.05) is 0 Å². The van der Waals surface area contributed by atoms with Gasteiger partial charge in [-0.05, 0) is 0 Å². The number of nitrogens with zero attached hydrogens (tertiary/aromatic N) is 3. The Balaban J connectivity index is 1.68. The van der Waals surface area contributed by atoms with Crippen molar-refractivity contribution in [1.29, 1.82) is 0 Å². The molecule has 0 fully saturated rings. The van der Waals surface area contributed by atoms with Crippen LogP contribution in [0.25, 0.3) is 15.0 Å². The minimum absolute atomic E-state index is 0.326. The topological polar surface area (TPSA) is 57.8 Å². The number of aromatic carboxylic acids is 1. The van der Waals surface area contributed by atoms with Crippen molar-refractivity contribution in [3.8, 4) is 10.1 Å². The van der Waals surface area contributed by atoms with Crippen molar-refractivity contribution in [2.24, 2.45) is 0 Å². The fourth-order valence-electron chi connectivity index (χ4n) is 3.19. The molecule has 0 radical (unpaired) electrons. The first-order valence-electron chi connectivity index (χ1n) is 8.09. The summed E-state index contributed by atoms with van der Waals surface area (Å²) in [5.41, 5.74) is 4.30. The van der Waals surface area contributed by atoms with Gasteiger partial charge in [-0.25, -0.2) is 0 Å². The SMILES string of the molecule is [C-]#[N+]c1cc(-c2nc(C)c(C(=O)O)[se]2)ccc1N1CCc2sccc2C1. The van der Waals surface area contributed by atoms with E-state index >= 15 is 0 Å². The number of rotatable bonds is 3. The van der Waals surface area contributed by atoms with E-state index in [1.54, 1.807) is 18.3 Å². The fourth-order valence-corrected chi connectivity index (χ4v) is 5.97. The first kappa shape index (κ1) is 17.0. The van der Waals surface area contributed by atoms with Crippen LogP contribution in [0.4, 0.5) is 11.4 Å². The maximum atomic E-state index is 11.3. The van der Waals surface area contributed by atoms with Crippen molar-refractivity contribution in [2.45, 2.75) is 19.9 Å². The van der Waals surface area contributed by atoms with Crippen LogP contribution in [0.5, 0.6) is 0 Å². The molecule has 0 unspecified atom stereocenters. The third-order valence-corrected chi connectivity index (χ3v) is 8.01. The molecule has 0 aliphatic carbocycles. The summed E-state index contributed by atoms with van der Waals surface area (Å²) in [5, 5.41) is 11.4. The van der Waals surface area contributed by atoms with Gasteiger partial charge in [0.2, 0.25) is 0 Å². The third-order valence-electron chi connectivity index (χ3n) is 4.48. The van der Waals surface area contributed by atoms with E-state index in [0.29, 0.717) is 15.8 Å². The Kier molecular flexibility index (Phi) is 4.41. The standard InChI is InChI=1S/C19H15N3O2SSe/c1-11-17(19(23)24)26-18(21-11)12-3-4-15(14(9-12)20-2)22-7-5-16-13(10-22)6-8-25-16/h3-4,6,8-9H,5,7,10H2,1H3,(H,23,24). The molecule has 1 aromatic carbocycles. The molecular weight excluding hydrogens is 413 g/mol. The van der Waals surface area contributed by atoms with E-state index < -0.39 is 5.97 Å². The number of aryl methyl sites for hydroxylation is 1. The van der Waals surface area contributed by atoms with Gasteiger partial charge in [-0.15, -0.1) is 0 Å². The number of fused-ring (bicyclic) bond motifs is 1. The summed E-state index contributed by atoms with van der Waals surface area (Å²) >= 11 is 1.48. The molecule has 0 saturated heterocycles. The number of thiophene rings is 1. The van der Waals surface area contributed by atoms with Gasteiger partial charge < -0.3 is 0 Å². The molecule has 3 heterocycles. The second-order valence-electron chi connectivity index (χ2n) is 6.09. The molecule has 5 nitrogen and oxygen atoms in total. The second-order valence-corrected chi connectivity index (χ2v) is 9.19. The van der Waals surface area contributed by atoms with Gasteiger partial charge in [0.25, 0.3) is 0 Å². The van der Waals surface area contributed by atoms with E-state index in [1.807, 2.05) is 18.2 Å². The molecule has 0 bridgehead atoms. The zero-order valence-corrected chi connectivity index (χ0v) is 16.6.